The van der Waals surface area contributed by atoms with Crippen molar-refractivity contribution in [3.63, 3.8) is 0 Å². The molecule has 0 saturated heterocycles. The van der Waals surface area contributed by atoms with E-state index in [2.05, 4.69) is 27.7 Å². The molecule has 1 atom stereocenters. The molecule has 0 heterocycles. The molecule has 0 unspecified atom stereocenters. The predicted molar refractivity (Wildman–Crippen MR) is 99.4 cm³/mol. The molecular weight excluding hydrogens is 512 g/mol. The van der Waals surface area contributed by atoms with Crippen LogP contribution in [-0.2, 0) is 11.2 Å². The summed E-state index contributed by atoms with van der Waals surface area (Å²) in [6.07, 6.45) is 0.283. The number of halogens is 2. The molecule has 7 heteroatoms. The Morgan fingerprint density at radius 3 is 2.68 bits per heavy atom. The largest absolute Gasteiger partial charge is 0.507 e. The van der Waals surface area contributed by atoms with Crippen molar-refractivity contribution in [3.05, 3.63) is 49.1 Å². The van der Waals surface area contributed by atoms with E-state index in [0.29, 0.717) is 15.1 Å². The molecule has 2 aromatic carbocycles. The number of carboxylic acids is 1. The van der Waals surface area contributed by atoms with Crippen LogP contribution < -0.4 is 10.5 Å². The van der Waals surface area contributed by atoms with E-state index in [0.717, 1.165) is 9.13 Å². The normalized spacial score (nSPS) is 12.4. The van der Waals surface area contributed by atoms with E-state index in [4.69, 9.17) is 11.9 Å². The third kappa shape index (κ3) is 4.46. The van der Waals surface area contributed by atoms with E-state index in [1.807, 2.05) is 28.7 Å². The molecule has 0 radical (unpaired) electrons. The van der Waals surface area contributed by atoms with Crippen LogP contribution in [0.2, 0.25) is 0 Å². The monoisotopic (exact) mass is 526 g/mol. The molecule has 0 aliphatic carbocycles. The van der Waals surface area contributed by atoms with Crippen LogP contribution in [0.4, 0.5) is 0 Å². The standard InChI is InChI=1S/C15H13I2NO4/c16-10-7-9(2-3-13(10)19)22-14-4-1-8(5-11(14)17)6-12(18)15(20)21/h1-5,7,12,19H,6,18H2,(H,20,21)/t12-/m0/s1/i/hD. The van der Waals surface area contributed by atoms with Crippen LogP contribution in [0.3, 0.4) is 0 Å². The van der Waals surface area contributed by atoms with Crippen molar-refractivity contribution in [2.45, 2.75) is 12.5 Å². The highest BCUT2D eigenvalue weighted by molar-refractivity contribution is 14.1. The average molecular weight is 526 g/mol. The topological polar surface area (TPSA) is 92.8 Å². The van der Waals surface area contributed by atoms with Gasteiger partial charge in [0.15, 0.2) is 0 Å². The van der Waals surface area contributed by atoms with Gasteiger partial charge in [-0.15, -0.1) is 0 Å². The average Bonchev–Trinajstić information content (AvgIpc) is 2.52. The second-order valence-corrected chi connectivity index (χ2v) is 6.93. The predicted octanol–water partition coefficient (Wildman–Crippen LogP) is 3.35. The summed E-state index contributed by atoms with van der Waals surface area (Å²) in [4.78, 5) is 11.2. The molecular formula is C15H13I2NO4. The molecule has 116 valence electrons. The fourth-order valence-electron chi connectivity index (χ4n) is 1.77. The van der Waals surface area contributed by atoms with E-state index in [-0.39, 0.29) is 12.2 Å². The Morgan fingerprint density at radius 2 is 2.05 bits per heavy atom. The summed E-state index contributed by atoms with van der Waals surface area (Å²) in [6.45, 7) is 0. The van der Waals surface area contributed by atoms with Crippen LogP contribution in [0.1, 0.15) is 5.56 Å². The lowest BCUT2D eigenvalue weighted by Crippen LogP contribution is -2.32. The molecule has 4 N–H and O–H groups in total. The van der Waals surface area contributed by atoms with Crippen molar-refractivity contribution < 1.29 is 19.7 Å². The second-order valence-electron chi connectivity index (χ2n) is 4.61. The third-order valence-corrected chi connectivity index (χ3v) is 4.61. The van der Waals surface area contributed by atoms with Gasteiger partial charge in [0.2, 0.25) is 0 Å². The zero-order valence-electron chi connectivity index (χ0n) is 12.3. The van der Waals surface area contributed by atoms with E-state index >= 15 is 0 Å². The van der Waals surface area contributed by atoms with Crippen molar-refractivity contribution >= 4 is 51.2 Å². The quantitative estimate of drug-likeness (QED) is 0.521. The first kappa shape index (κ1) is 15.8. The van der Waals surface area contributed by atoms with Gasteiger partial charge >= 0.3 is 5.97 Å². The number of nitrogens with two attached hydrogens (primary N) is 1. The minimum atomic E-state index is -0.867. The lowest BCUT2D eigenvalue weighted by atomic mass is 10.1. The summed E-state index contributed by atoms with van der Waals surface area (Å²) in [5, 5.41) is 13.4. The fraction of sp³-hybridized carbons (Fsp3) is 0.133. The lowest BCUT2D eigenvalue weighted by molar-refractivity contribution is -0.138. The SMILES string of the molecule is [2H]OC(=O)[C@@H](N)Cc1ccc(Oc2ccc(O)c(I)c2)c(I)c1. The van der Waals surface area contributed by atoms with Crippen LogP contribution in [0.15, 0.2) is 36.4 Å². The number of ether oxygens (including phenoxy) is 1. The maximum absolute atomic E-state index is 11.2. The minimum absolute atomic E-state index is 0.207. The Kier molecular flexibility index (Phi) is 5.37. The van der Waals surface area contributed by atoms with Gasteiger partial charge in [0.25, 0.3) is 1.43 Å². The van der Waals surface area contributed by atoms with E-state index < -0.39 is 12.0 Å². The first-order valence-corrected chi connectivity index (χ1v) is 8.44. The Hall–Kier alpha value is -1.07. The molecule has 0 amide bonds. The van der Waals surface area contributed by atoms with Gasteiger partial charge in [-0.3, -0.25) is 4.79 Å². The van der Waals surface area contributed by atoms with Crippen molar-refractivity contribution in [2.24, 2.45) is 5.73 Å². The number of hydrogen-bond donors (Lipinski definition) is 3. The fourth-order valence-corrected chi connectivity index (χ4v) is 2.95. The van der Waals surface area contributed by atoms with Gasteiger partial charge in [-0.2, -0.15) is 0 Å². The van der Waals surface area contributed by atoms with Crippen LogP contribution in [0.5, 0.6) is 17.2 Å². The molecule has 2 aromatic rings. The van der Waals surface area contributed by atoms with Crippen LogP contribution in [0.25, 0.3) is 1.43 Å². The molecule has 0 aliphatic heterocycles. The van der Waals surface area contributed by atoms with Crippen LogP contribution >= 0.6 is 45.2 Å². The summed E-state index contributed by atoms with van der Waals surface area (Å²) < 4.78 is 13.9. The summed E-state index contributed by atoms with van der Waals surface area (Å²) in [5.41, 5.74) is 6.50. The number of carboxylic acid groups (broad SMARTS) is 1. The van der Waals surface area contributed by atoms with Crippen molar-refractivity contribution in [3.8, 4) is 17.2 Å². The van der Waals surface area contributed by atoms with Gasteiger partial charge in [0, 0.05) is 0 Å². The molecule has 0 aromatic heterocycles. The number of hydrogen-bond acceptors (Lipinski definition) is 5. The van der Waals surface area contributed by atoms with E-state index in [1.54, 1.807) is 30.3 Å². The molecule has 0 bridgehead atoms. The first-order valence-electron chi connectivity index (χ1n) is 6.69. The van der Waals surface area contributed by atoms with E-state index in [1.165, 1.54) is 0 Å². The highest BCUT2D eigenvalue weighted by atomic mass is 127. The van der Waals surface area contributed by atoms with Gasteiger partial charge in [-0.25, -0.2) is 0 Å². The van der Waals surface area contributed by atoms with Crippen LogP contribution in [-0.4, -0.2) is 22.2 Å². The summed E-state index contributed by atoms with van der Waals surface area (Å²) >= 11 is 4.16. The molecule has 0 fully saturated rings. The van der Waals surface area contributed by atoms with Crippen molar-refractivity contribution in [1.82, 2.24) is 0 Å². The van der Waals surface area contributed by atoms with Crippen molar-refractivity contribution in [1.29, 1.82) is 1.43 Å². The Balaban J connectivity index is 2.12. The molecule has 0 aliphatic rings. The Morgan fingerprint density at radius 1 is 1.27 bits per heavy atom. The smallest absolute Gasteiger partial charge is 0.320 e. The molecule has 0 saturated carbocycles. The zero-order chi connectivity index (χ0) is 17.0. The van der Waals surface area contributed by atoms with Crippen LogP contribution in [0, 0.1) is 7.14 Å². The zero-order valence-corrected chi connectivity index (χ0v) is 15.6. The maximum atomic E-state index is 11.2. The number of phenols is 1. The molecule has 22 heavy (non-hydrogen) atoms. The highest BCUT2D eigenvalue weighted by Crippen LogP contribution is 2.31. The number of aromatic hydroxyl groups is 1. The summed E-state index contributed by atoms with van der Waals surface area (Å²) in [7, 11) is 0. The molecule has 0 spiro atoms. The minimum Gasteiger partial charge on any atom is -0.507 e. The number of carbonyl (C=O) groups is 1. The Bertz CT molecular complexity index is 727. The second kappa shape index (κ2) is 7.47. The van der Waals surface area contributed by atoms with Gasteiger partial charge < -0.3 is 20.7 Å². The number of benzene rings is 2. The first-order chi connectivity index (χ1) is 10.9. The van der Waals surface area contributed by atoms with Gasteiger partial charge in [0.05, 0.1) is 7.14 Å². The molecule has 5 nitrogen and oxygen atoms in total. The van der Waals surface area contributed by atoms with Gasteiger partial charge in [0.1, 0.15) is 23.3 Å². The number of rotatable bonds is 5. The maximum Gasteiger partial charge on any atom is 0.320 e. The number of phenolic OH excluding ortho intramolecular Hbond substituents is 1. The van der Waals surface area contributed by atoms with Gasteiger partial charge in [-0.05, 0) is 87.5 Å². The summed E-state index contributed by atoms with van der Waals surface area (Å²) in [5.74, 6) is 0.720. The lowest BCUT2D eigenvalue weighted by Gasteiger charge is -2.11. The summed E-state index contributed by atoms with van der Waals surface area (Å²) in [6, 6.07) is 9.58. The highest BCUT2D eigenvalue weighted by Gasteiger charge is 2.13. The number of aliphatic carboxylic acids is 1. The molecule has 2 rings (SSSR count). The van der Waals surface area contributed by atoms with E-state index in [9.17, 15) is 9.90 Å². The Labute approximate surface area is 156 Å². The third-order valence-electron chi connectivity index (χ3n) is 2.90. The van der Waals surface area contributed by atoms with Crippen molar-refractivity contribution in [2.75, 3.05) is 0 Å². The van der Waals surface area contributed by atoms with Gasteiger partial charge in [-0.1, -0.05) is 6.07 Å².